The van der Waals surface area contributed by atoms with E-state index in [9.17, 15) is 9.59 Å². The predicted molar refractivity (Wildman–Crippen MR) is 104 cm³/mol. The van der Waals surface area contributed by atoms with Gasteiger partial charge in [0.15, 0.2) is 12.4 Å². The quantitative estimate of drug-likeness (QED) is 0.662. The van der Waals surface area contributed by atoms with Crippen LogP contribution >= 0.6 is 0 Å². The van der Waals surface area contributed by atoms with Crippen LogP contribution in [0.2, 0.25) is 0 Å². The van der Waals surface area contributed by atoms with E-state index in [1.165, 1.54) is 5.56 Å². The van der Waals surface area contributed by atoms with Crippen LogP contribution in [0.4, 0.5) is 5.69 Å². The van der Waals surface area contributed by atoms with E-state index < -0.39 is 6.10 Å². The molecule has 0 radical (unpaired) electrons. The smallest absolute Gasteiger partial charge is 0.265 e. The van der Waals surface area contributed by atoms with Crippen LogP contribution in [-0.2, 0) is 11.2 Å². The molecule has 0 aliphatic rings. The molecule has 3 aromatic rings. The van der Waals surface area contributed by atoms with Crippen LogP contribution in [-0.4, -0.2) is 18.3 Å². The fourth-order valence-electron chi connectivity index (χ4n) is 2.81. The van der Waals surface area contributed by atoms with E-state index in [1.807, 2.05) is 54.6 Å². The molecule has 0 unspecified atom stereocenters. The van der Waals surface area contributed by atoms with Crippen LogP contribution in [0.15, 0.2) is 60.7 Å². The van der Waals surface area contributed by atoms with Crippen molar-refractivity contribution in [1.82, 2.24) is 0 Å². The van der Waals surface area contributed by atoms with Gasteiger partial charge in [-0.25, -0.2) is 0 Å². The maximum absolute atomic E-state index is 12.4. The largest absolute Gasteiger partial charge is 0.480 e. The Hall–Kier alpha value is -3.14. The number of benzene rings is 3. The van der Waals surface area contributed by atoms with Crippen molar-refractivity contribution in [2.75, 3.05) is 5.32 Å². The summed E-state index contributed by atoms with van der Waals surface area (Å²) in [4.78, 5) is 24.0. The molecule has 0 aliphatic carbocycles. The second-order valence-corrected chi connectivity index (χ2v) is 6.12. The molecule has 3 rings (SSSR count). The number of rotatable bonds is 6. The first-order valence-electron chi connectivity index (χ1n) is 8.65. The number of carbonyl (C=O) groups excluding carboxylic acids is 2. The summed E-state index contributed by atoms with van der Waals surface area (Å²) in [6.07, 6.45) is 0.983. The maximum Gasteiger partial charge on any atom is 0.265 e. The first-order chi connectivity index (χ1) is 12.6. The molecule has 26 heavy (non-hydrogen) atoms. The van der Waals surface area contributed by atoms with Crippen LogP contribution in [0.5, 0.6) is 5.75 Å². The van der Waals surface area contributed by atoms with Crippen molar-refractivity contribution in [2.24, 2.45) is 0 Å². The fraction of sp³-hybridized carbons (Fsp3) is 0.182. The Bertz CT molecular complexity index is 932. The number of aryl methyl sites for hydroxylation is 1. The molecule has 0 saturated heterocycles. The van der Waals surface area contributed by atoms with E-state index in [-0.39, 0.29) is 5.91 Å². The van der Waals surface area contributed by atoms with Gasteiger partial charge in [-0.2, -0.15) is 0 Å². The molecule has 0 spiro atoms. The number of ether oxygens (including phenoxy) is 1. The molecule has 0 fully saturated rings. The molecular weight excluding hydrogens is 326 g/mol. The average molecular weight is 347 g/mol. The summed E-state index contributed by atoms with van der Waals surface area (Å²) in [7, 11) is 0. The first kappa shape index (κ1) is 17.7. The molecule has 4 heteroatoms. The van der Waals surface area contributed by atoms with Gasteiger partial charge < -0.3 is 10.1 Å². The Morgan fingerprint density at radius 3 is 2.50 bits per heavy atom. The Balaban J connectivity index is 1.76. The van der Waals surface area contributed by atoms with Gasteiger partial charge in [-0.05, 0) is 47.9 Å². The molecule has 1 atom stereocenters. The monoisotopic (exact) mass is 347 g/mol. The van der Waals surface area contributed by atoms with Crippen LogP contribution in [0.25, 0.3) is 10.8 Å². The van der Waals surface area contributed by atoms with Crippen molar-refractivity contribution in [3.05, 3.63) is 71.8 Å². The first-order valence-corrected chi connectivity index (χ1v) is 8.65. The Labute approximate surface area is 152 Å². The minimum atomic E-state index is -0.735. The standard InChI is InChI=1S/C22H21NO3/c1-3-16-8-11-18(12-9-16)23-22(25)15(2)26-21-13-10-17-6-4-5-7-19(17)20(21)14-24/h4-15H,3H2,1-2H3,(H,23,25)/t15-/m0/s1. The second kappa shape index (κ2) is 7.83. The van der Waals surface area contributed by atoms with Gasteiger partial charge in [-0.3, -0.25) is 9.59 Å². The number of aldehydes is 1. The minimum Gasteiger partial charge on any atom is -0.480 e. The fourth-order valence-corrected chi connectivity index (χ4v) is 2.81. The van der Waals surface area contributed by atoms with Gasteiger partial charge in [-0.1, -0.05) is 49.4 Å². The van der Waals surface area contributed by atoms with Crippen LogP contribution < -0.4 is 10.1 Å². The number of fused-ring (bicyclic) bond motifs is 1. The van der Waals surface area contributed by atoms with Crippen molar-refractivity contribution in [1.29, 1.82) is 0 Å². The molecule has 0 aromatic heterocycles. The van der Waals surface area contributed by atoms with E-state index >= 15 is 0 Å². The summed E-state index contributed by atoms with van der Waals surface area (Å²) >= 11 is 0. The lowest BCUT2D eigenvalue weighted by Gasteiger charge is -2.17. The highest BCUT2D eigenvalue weighted by Crippen LogP contribution is 2.27. The molecular formula is C22H21NO3. The van der Waals surface area contributed by atoms with Gasteiger partial charge in [0, 0.05) is 5.69 Å². The van der Waals surface area contributed by atoms with E-state index in [0.29, 0.717) is 11.3 Å². The molecule has 1 amide bonds. The number of amides is 1. The molecule has 0 saturated carbocycles. The lowest BCUT2D eigenvalue weighted by Crippen LogP contribution is -2.30. The summed E-state index contributed by atoms with van der Waals surface area (Å²) in [6.45, 7) is 3.75. The third-order valence-corrected chi connectivity index (χ3v) is 4.35. The summed E-state index contributed by atoms with van der Waals surface area (Å²) in [5.74, 6) is 0.141. The summed E-state index contributed by atoms with van der Waals surface area (Å²) < 4.78 is 5.78. The predicted octanol–water partition coefficient (Wildman–Crippen LogP) is 4.62. The minimum absolute atomic E-state index is 0.265. The zero-order valence-electron chi connectivity index (χ0n) is 14.9. The van der Waals surface area contributed by atoms with Crippen molar-refractivity contribution < 1.29 is 14.3 Å². The Kier molecular flexibility index (Phi) is 5.32. The Morgan fingerprint density at radius 2 is 1.81 bits per heavy atom. The normalized spacial score (nSPS) is 11.8. The van der Waals surface area contributed by atoms with Gasteiger partial charge in [0.2, 0.25) is 0 Å². The topological polar surface area (TPSA) is 55.4 Å². The van der Waals surface area contributed by atoms with E-state index in [4.69, 9.17) is 4.74 Å². The molecule has 0 heterocycles. The van der Waals surface area contributed by atoms with E-state index in [2.05, 4.69) is 12.2 Å². The summed E-state index contributed by atoms with van der Waals surface area (Å²) in [5, 5.41) is 4.60. The maximum atomic E-state index is 12.4. The number of nitrogens with one attached hydrogen (secondary N) is 1. The van der Waals surface area contributed by atoms with Crippen molar-refractivity contribution in [3.8, 4) is 5.75 Å². The molecule has 0 aliphatic heterocycles. The zero-order valence-corrected chi connectivity index (χ0v) is 14.9. The average Bonchev–Trinajstić information content (AvgIpc) is 2.68. The number of hydrogen-bond acceptors (Lipinski definition) is 3. The van der Waals surface area contributed by atoms with Crippen molar-refractivity contribution in [3.63, 3.8) is 0 Å². The lowest BCUT2D eigenvalue weighted by molar-refractivity contribution is -0.122. The van der Waals surface area contributed by atoms with Gasteiger partial charge in [0.1, 0.15) is 5.75 Å². The van der Waals surface area contributed by atoms with Crippen LogP contribution in [0.3, 0.4) is 0 Å². The number of carbonyl (C=O) groups is 2. The molecule has 4 nitrogen and oxygen atoms in total. The highest BCUT2D eigenvalue weighted by atomic mass is 16.5. The third kappa shape index (κ3) is 3.75. The Morgan fingerprint density at radius 1 is 1.08 bits per heavy atom. The highest BCUT2D eigenvalue weighted by molar-refractivity contribution is 6.01. The number of hydrogen-bond donors (Lipinski definition) is 1. The number of anilines is 1. The van der Waals surface area contributed by atoms with E-state index in [0.717, 1.165) is 29.2 Å². The van der Waals surface area contributed by atoms with Gasteiger partial charge in [-0.15, -0.1) is 0 Å². The van der Waals surface area contributed by atoms with Gasteiger partial charge in [0.25, 0.3) is 5.91 Å². The SMILES string of the molecule is CCc1ccc(NC(=O)[C@H](C)Oc2ccc3ccccc3c2C=O)cc1. The van der Waals surface area contributed by atoms with Crippen molar-refractivity contribution >= 4 is 28.7 Å². The summed E-state index contributed by atoms with van der Waals surface area (Å²) in [5.41, 5.74) is 2.38. The molecule has 0 bridgehead atoms. The summed E-state index contributed by atoms with van der Waals surface area (Å²) in [6, 6.07) is 18.9. The molecule has 132 valence electrons. The second-order valence-electron chi connectivity index (χ2n) is 6.12. The lowest BCUT2D eigenvalue weighted by atomic mass is 10.0. The highest BCUT2D eigenvalue weighted by Gasteiger charge is 2.17. The van der Waals surface area contributed by atoms with E-state index in [1.54, 1.807) is 13.0 Å². The molecule has 3 aromatic carbocycles. The third-order valence-electron chi connectivity index (χ3n) is 4.35. The molecule has 1 N–H and O–H groups in total. The van der Waals surface area contributed by atoms with Gasteiger partial charge >= 0.3 is 0 Å². The van der Waals surface area contributed by atoms with Crippen LogP contribution in [0.1, 0.15) is 29.8 Å². The van der Waals surface area contributed by atoms with Crippen molar-refractivity contribution in [2.45, 2.75) is 26.4 Å². The van der Waals surface area contributed by atoms with Gasteiger partial charge in [0.05, 0.1) is 5.56 Å². The van der Waals surface area contributed by atoms with Crippen LogP contribution in [0, 0.1) is 0 Å². The zero-order chi connectivity index (χ0) is 18.5.